The predicted octanol–water partition coefficient (Wildman–Crippen LogP) is 2.71. The highest BCUT2D eigenvalue weighted by molar-refractivity contribution is 5.78. The van der Waals surface area contributed by atoms with Crippen LogP contribution in [0, 0.1) is 0 Å². The molecule has 1 saturated heterocycles. The Bertz CT molecular complexity index is 824. The average Bonchev–Trinajstić information content (AvgIpc) is 3.00. The van der Waals surface area contributed by atoms with E-state index >= 15 is 0 Å². The monoisotopic (exact) mass is 353 g/mol. The summed E-state index contributed by atoms with van der Waals surface area (Å²) < 4.78 is 10.7. The first-order valence-corrected chi connectivity index (χ1v) is 9.02. The minimum Gasteiger partial charge on any atom is -0.497 e. The second-order valence-corrected chi connectivity index (χ2v) is 6.85. The molecule has 6 nitrogen and oxygen atoms in total. The van der Waals surface area contributed by atoms with Crippen LogP contribution in [-0.4, -0.2) is 41.0 Å². The summed E-state index contributed by atoms with van der Waals surface area (Å²) in [5.41, 5.74) is 3.25. The molecule has 1 fully saturated rings. The molecule has 0 spiro atoms. The van der Waals surface area contributed by atoms with Crippen molar-refractivity contribution < 1.29 is 14.3 Å². The summed E-state index contributed by atoms with van der Waals surface area (Å²) in [4.78, 5) is 23.6. The van der Waals surface area contributed by atoms with Crippen LogP contribution in [0.3, 0.4) is 0 Å². The number of aromatic nitrogens is 2. The fourth-order valence-corrected chi connectivity index (χ4v) is 4.23. The molecular weight excluding hydrogens is 330 g/mol. The molecule has 2 unspecified atom stereocenters. The molecule has 2 aromatic rings. The topological polar surface area (TPSA) is 64.5 Å². The number of aryl methyl sites for hydroxylation is 1. The maximum absolute atomic E-state index is 13.0. The van der Waals surface area contributed by atoms with Crippen LogP contribution < -0.4 is 9.47 Å². The molecule has 3 heterocycles. The first-order valence-electron chi connectivity index (χ1n) is 9.02. The Labute approximate surface area is 153 Å². The van der Waals surface area contributed by atoms with E-state index in [1.54, 1.807) is 20.5 Å². The summed E-state index contributed by atoms with van der Waals surface area (Å²) in [6.07, 6.45) is 7.49. The van der Waals surface area contributed by atoms with Crippen molar-refractivity contribution in [1.29, 1.82) is 0 Å². The molecule has 0 radical (unpaired) electrons. The summed E-state index contributed by atoms with van der Waals surface area (Å²) in [5, 5.41) is 0. The Morgan fingerprint density at radius 1 is 1.27 bits per heavy atom. The first kappa shape index (κ1) is 16.8. The van der Waals surface area contributed by atoms with E-state index in [-0.39, 0.29) is 18.0 Å². The van der Waals surface area contributed by atoms with Gasteiger partial charge >= 0.3 is 0 Å². The Hall–Kier alpha value is -2.63. The SMILES string of the molecule is COc1ccc(CCC(=O)N2C3CCC2c2cncnc2C3)c(OC)c1. The molecule has 26 heavy (non-hydrogen) atoms. The molecule has 6 heteroatoms. The number of nitrogens with zero attached hydrogens (tertiary/aromatic N) is 3. The third-order valence-electron chi connectivity index (χ3n) is 5.51. The molecule has 2 aliphatic heterocycles. The van der Waals surface area contributed by atoms with Crippen LogP contribution in [0.4, 0.5) is 0 Å². The quantitative estimate of drug-likeness (QED) is 0.827. The molecular formula is C20H23N3O3. The molecule has 2 aliphatic rings. The molecule has 0 N–H and O–H groups in total. The molecule has 1 aromatic carbocycles. The summed E-state index contributed by atoms with van der Waals surface area (Å²) in [6.45, 7) is 0. The second-order valence-electron chi connectivity index (χ2n) is 6.85. The van der Waals surface area contributed by atoms with E-state index in [9.17, 15) is 4.79 Å². The number of amides is 1. The Balaban J connectivity index is 1.48. The fraction of sp³-hybridized carbons (Fsp3) is 0.450. The van der Waals surface area contributed by atoms with Gasteiger partial charge in [-0.15, -0.1) is 0 Å². The molecule has 0 aliphatic carbocycles. The van der Waals surface area contributed by atoms with E-state index in [4.69, 9.17) is 9.47 Å². The van der Waals surface area contributed by atoms with Gasteiger partial charge in [-0.3, -0.25) is 4.79 Å². The van der Waals surface area contributed by atoms with Gasteiger partial charge in [-0.25, -0.2) is 9.97 Å². The number of fused-ring (bicyclic) bond motifs is 4. The van der Waals surface area contributed by atoms with Gasteiger partial charge in [0.2, 0.25) is 5.91 Å². The van der Waals surface area contributed by atoms with Crippen molar-refractivity contribution in [3.63, 3.8) is 0 Å². The highest BCUT2D eigenvalue weighted by atomic mass is 16.5. The standard InChI is InChI=1S/C20H23N3O3/c1-25-15-6-3-13(19(10-15)26-2)4-8-20(24)23-14-5-7-18(23)16-11-21-12-22-17(16)9-14/h3,6,10-12,14,18H,4-5,7-9H2,1-2H3. The Kier molecular flexibility index (Phi) is 4.49. The number of hydrogen-bond donors (Lipinski definition) is 0. The molecule has 1 amide bonds. The number of rotatable bonds is 5. The zero-order chi connectivity index (χ0) is 18.1. The van der Waals surface area contributed by atoms with Crippen molar-refractivity contribution >= 4 is 5.91 Å². The van der Waals surface area contributed by atoms with Crippen LogP contribution in [0.2, 0.25) is 0 Å². The van der Waals surface area contributed by atoms with E-state index in [2.05, 4.69) is 14.9 Å². The van der Waals surface area contributed by atoms with Crippen LogP contribution >= 0.6 is 0 Å². The van der Waals surface area contributed by atoms with Gasteiger partial charge in [0.25, 0.3) is 0 Å². The maximum atomic E-state index is 13.0. The summed E-state index contributed by atoms with van der Waals surface area (Å²) in [6, 6.07) is 6.14. The number of carbonyl (C=O) groups excluding carboxylic acids is 1. The second kappa shape index (κ2) is 6.94. The van der Waals surface area contributed by atoms with Crippen molar-refractivity contribution in [2.75, 3.05) is 14.2 Å². The zero-order valence-corrected chi connectivity index (χ0v) is 15.1. The van der Waals surface area contributed by atoms with Gasteiger partial charge in [-0.05, 0) is 30.9 Å². The lowest BCUT2D eigenvalue weighted by Crippen LogP contribution is -2.42. The minimum absolute atomic E-state index is 0.134. The lowest BCUT2D eigenvalue weighted by atomic mass is 9.98. The van der Waals surface area contributed by atoms with E-state index in [0.29, 0.717) is 12.8 Å². The van der Waals surface area contributed by atoms with Gasteiger partial charge in [-0.1, -0.05) is 6.07 Å². The molecule has 2 atom stereocenters. The zero-order valence-electron chi connectivity index (χ0n) is 15.1. The van der Waals surface area contributed by atoms with Gasteiger partial charge in [0.1, 0.15) is 17.8 Å². The number of benzene rings is 1. The average molecular weight is 353 g/mol. The first-order chi connectivity index (χ1) is 12.7. The van der Waals surface area contributed by atoms with Crippen molar-refractivity contribution in [3.05, 3.63) is 47.5 Å². The highest BCUT2D eigenvalue weighted by Crippen LogP contribution is 2.43. The van der Waals surface area contributed by atoms with Crippen molar-refractivity contribution in [2.45, 2.75) is 44.2 Å². The third kappa shape index (κ3) is 2.89. The highest BCUT2D eigenvalue weighted by Gasteiger charge is 2.42. The number of carbonyl (C=O) groups is 1. The van der Waals surface area contributed by atoms with Gasteiger partial charge in [0, 0.05) is 36.7 Å². The van der Waals surface area contributed by atoms with Crippen molar-refractivity contribution in [2.24, 2.45) is 0 Å². The van der Waals surface area contributed by atoms with Crippen LogP contribution in [-0.2, 0) is 17.6 Å². The van der Waals surface area contributed by atoms with Gasteiger partial charge < -0.3 is 14.4 Å². The molecule has 1 aromatic heterocycles. The van der Waals surface area contributed by atoms with Crippen LogP contribution in [0.15, 0.2) is 30.7 Å². The van der Waals surface area contributed by atoms with Gasteiger partial charge in [-0.2, -0.15) is 0 Å². The largest absolute Gasteiger partial charge is 0.497 e. The molecule has 2 bridgehead atoms. The smallest absolute Gasteiger partial charge is 0.223 e. The lowest BCUT2D eigenvalue weighted by molar-refractivity contribution is -0.134. The summed E-state index contributed by atoms with van der Waals surface area (Å²) in [5.74, 6) is 1.71. The van der Waals surface area contributed by atoms with E-state index in [1.165, 1.54) is 0 Å². The normalized spacial score (nSPS) is 20.6. The van der Waals surface area contributed by atoms with Crippen LogP contribution in [0.25, 0.3) is 0 Å². The van der Waals surface area contributed by atoms with Crippen LogP contribution in [0.5, 0.6) is 11.5 Å². The number of ether oxygens (including phenoxy) is 2. The van der Waals surface area contributed by atoms with E-state index in [0.717, 1.165) is 47.6 Å². The summed E-state index contributed by atoms with van der Waals surface area (Å²) in [7, 11) is 3.27. The Morgan fingerprint density at radius 2 is 2.15 bits per heavy atom. The molecule has 136 valence electrons. The Morgan fingerprint density at radius 3 is 2.96 bits per heavy atom. The maximum Gasteiger partial charge on any atom is 0.223 e. The van der Waals surface area contributed by atoms with Crippen molar-refractivity contribution in [3.8, 4) is 11.5 Å². The van der Waals surface area contributed by atoms with E-state index in [1.807, 2.05) is 24.4 Å². The van der Waals surface area contributed by atoms with Gasteiger partial charge in [0.15, 0.2) is 0 Å². The van der Waals surface area contributed by atoms with E-state index < -0.39 is 0 Å². The van der Waals surface area contributed by atoms with Crippen LogP contribution in [0.1, 0.15) is 42.1 Å². The fourth-order valence-electron chi connectivity index (χ4n) is 4.23. The minimum atomic E-state index is 0.134. The third-order valence-corrected chi connectivity index (χ3v) is 5.51. The number of hydrogen-bond acceptors (Lipinski definition) is 5. The lowest BCUT2D eigenvalue weighted by Gasteiger charge is -2.35. The molecule has 0 saturated carbocycles. The molecule has 4 rings (SSSR count). The number of methoxy groups -OCH3 is 2. The summed E-state index contributed by atoms with van der Waals surface area (Å²) >= 11 is 0. The van der Waals surface area contributed by atoms with Crippen molar-refractivity contribution in [1.82, 2.24) is 14.9 Å². The predicted molar refractivity (Wildman–Crippen MR) is 96.2 cm³/mol. The van der Waals surface area contributed by atoms with Gasteiger partial charge in [0.05, 0.1) is 26.0 Å².